The van der Waals surface area contributed by atoms with Crippen molar-refractivity contribution in [2.24, 2.45) is 5.73 Å². The first-order chi connectivity index (χ1) is 7.59. The van der Waals surface area contributed by atoms with Crippen LogP contribution in [0.1, 0.15) is 52.4 Å². The number of aliphatic hydroxyl groups excluding tert-OH is 1. The summed E-state index contributed by atoms with van der Waals surface area (Å²) in [6.45, 7) is 4.76. The molecule has 4 unspecified atom stereocenters. The smallest absolute Gasteiger partial charge is 0.0611 e. The van der Waals surface area contributed by atoms with Crippen LogP contribution in [-0.4, -0.2) is 40.3 Å². The van der Waals surface area contributed by atoms with Crippen molar-refractivity contribution in [2.75, 3.05) is 6.61 Å². The van der Waals surface area contributed by atoms with Crippen molar-refractivity contribution in [1.82, 2.24) is 4.90 Å². The summed E-state index contributed by atoms with van der Waals surface area (Å²) in [5.74, 6) is 0. The number of nitrogens with zero attached hydrogens (tertiary/aromatic N) is 1. The molecule has 2 rings (SSSR count). The van der Waals surface area contributed by atoms with Gasteiger partial charge in [0.15, 0.2) is 0 Å². The second-order valence-electron chi connectivity index (χ2n) is 5.85. The third-order valence-electron chi connectivity index (χ3n) is 4.67. The summed E-state index contributed by atoms with van der Waals surface area (Å²) >= 11 is 0. The molecule has 0 radical (unpaired) electrons. The van der Waals surface area contributed by atoms with Gasteiger partial charge in [0, 0.05) is 23.7 Å². The van der Waals surface area contributed by atoms with Crippen molar-refractivity contribution in [1.29, 1.82) is 0 Å². The van der Waals surface area contributed by atoms with Crippen molar-refractivity contribution < 1.29 is 5.11 Å². The average molecular weight is 226 g/mol. The average Bonchev–Trinajstić information content (AvgIpc) is 2.83. The van der Waals surface area contributed by atoms with E-state index in [1.807, 2.05) is 0 Å². The molecule has 94 valence electrons. The Bertz CT molecular complexity index is 246. The van der Waals surface area contributed by atoms with Gasteiger partial charge in [0.1, 0.15) is 0 Å². The van der Waals surface area contributed by atoms with E-state index in [4.69, 9.17) is 5.73 Å². The molecule has 0 spiro atoms. The summed E-state index contributed by atoms with van der Waals surface area (Å²) in [5, 5.41) is 9.33. The number of nitrogens with two attached hydrogens (primary N) is 1. The maximum Gasteiger partial charge on any atom is 0.0611 e. The highest BCUT2D eigenvalue weighted by molar-refractivity contribution is 5.00. The minimum atomic E-state index is -0.300. The fourth-order valence-electron chi connectivity index (χ4n) is 3.69. The molecule has 1 aliphatic carbocycles. The lowest BCUT2D eigenvalue weighted by atomic mass is 10.00. The minimum absolute atomic E-state index is 0.141. The zero-order valence-electron chi connectivity index (χ0n) is 10.7. The molecular weight excluding hydrogens is 200 g/mol. The van der Waals surface area contributed by atoms with Gasteiger partial charge in [0.25, 0.3) is 0 Å². The Balaban J connectivity index is 2.02. The van der Waals surface area contributed by atoms with Gasteiger partial charge in [-0.3, -0.25) is 4.90 Å². The van der Waals surface area contributed by atoms with Gasteiger partial charge in [-0.25, -0.2) is 0 Å². The second-order valence-corrected chi connectivity index (χ2v) is 5.85. The SMILES string of the molecule is CCC1CCC(C)N1C1CCC(N)(CO)C1. The van der Waals surface area contributed by atoms with Crippen molar-refractivity contribution in [2.45, 2.75) is 76.0 Å². The standard InChI is InChI=1S/C13H26N2O/c1-3-11-5-4-10(2)15(11)12-6-7-13(14,8-12)9-16/h10-12,16H,3-9,14H2,1-2H3. The molecule has 0 aromatic heterocycles. The summed E-state index contributed by atoms with van der Waals surface area (Å²) in [6.07, 6.45) is 7.03. The first-order valence-electron chi connectivity index (χ1n) is 6.77. The van der Waals surface area contributed by atoms with Crippen molar-refractivity contribution >= 4 is 0 Å². The van der Waals surface area contributed by atoms with E-state index >= 15 is 0 Å². The molecule has 0 aromatic carbocycles. The molecule has 1 heterocycles. The van der Waals surface area contributed by atoms with Crippen LogP contribution in [0.15, 0.2) is 0 Å². The highest BCUT2D eigenvalue weighted by Gasteiger charge is 2.42. The Kier molecular flexibility index (Phi) is 3.57. The van der Waals surface area contributed by atoms with E-state index < -0.39 is 0 Å². The molecule has 3 nitrogen and oxygen atoms in total. The van der Waals surface area contributed by atoms with Crippen LogP contribution in [0.3, 0.4) is 0 Å². The van der Waals surface area contributed by atoms with E-state index in [0.29, 0.717) is 12.1 Å². The van der Waals surface area contributed by atoms with Crippen LogP contribution >= 0.6 is 0 Å². The quantitative estimate of drug-likeness (QED) is 0.766. The van der Waals surface area contributed by atoms with Gasteiger partial charge in [0.05, 0.1) is 6.61 Å². The van der Waals surface area contributed by atoms with Crippen LogP contribution in [-0.2, 0) is 0 Å². The highest BCUT2D eigenvalue weighted by Crippen LogP contribution is 2.37. The molecule has 0 bridgehead atoms. The van der Waals surface area contributed by atoms with Gasteiger partial charge in [-0.05, 0) is 45.4 Å². The summed E-state index contributed by atoms with van der Waals surface area (Å²) in [5.41, 5.74) is 5.87. The lowest BCUT2D eigenvalue weighted by molar-refractivity contribution is 0.122. The molecule has 16 heavy (non-hydrogen) atoms. The van der Waals surface area contributed by atoms with Crippen molar-refractivity contribution in [3.05, 3.63) is 0 Å². The fourth-order valence-corrected chi connectivity index (χ4v) is 3.69. The van der Waals surface area contributed by atoms with Crippen LogP contribution in [0.5, 0.6) is 0 Å². The number of rotatable bonds is 3. The lowest BCUT2D eigenvalue weighted by Gasteiger charge is -2.34. The Morgan fingerprint density at radius 3 is 2.69 bits per heavy atom. The fraction of sp³-hybridized carbons (Fsp3) is 1.00. The Labute approximate surface area is 99.0 Å². The van der Waals surface area contributed by atoms with Crippen LogP contribution in [0.4, 0.5) is 0 Å². The van der Waals surface area contributed by atoms with Gasteiger partial charge in [-0.15, -0.1) is 0 Å². The van der Waals surface area contributed by atoms with Crippen LogP contribution < -0.4 is 5.73 Å². The number of aliphatic hydroxyl groups is 1. The van der Waals surface area contributed by atoms with Crippen LogP contribution in [0.2, 0.25) is 0 Å². The van der Waals surface area contributed by atoms with Crippen LogP contribution in [0.25, 0.3) is 0 Å². The van der Waals surface area contributed by atoms with E-state index in [0.717, 1.165) is 25.3 Å². The topological polar surface area (TPSA) is 49.5 Å². The summed E-state index contributed by atoms with van der Waals surface area (Å²) < 4.78 is 0. The van der Waals surface area contributed by atoms with Gasteiger partial charge in [-0.1, -0.05) is 6.92 Å². The predicted molar refractivity (Wildman–Crippen MR) is 66.3 cm³/mol. The third-order valence-corrected chi connectivity index (χ3v) is 4.67. The summed E-state index contributed by atoms with van der Waals surface area (Å²) in [4.78, 5) is 2.68. The Morgan fingerprint density at radius 2 is 2.12 bits per heavy atom. The van der Waals surface area contributed by atoms with E-state index in [2.05, 4.69) is 18.7 Å². The largest absolute Gasteiger partial charge is 0.394 e. The van der Waals surface area contributed by atoms with E-state index in [1.54, 1.807) is 0 Å². The molecule has 3 heteroatoms. The molecule has 0 aromatic rings. The lowest BCUT2D eigenvalue weighted by Crippen LogP contribution is -2.46. The van der Waals surface area contributed by atoms with Gasteiger partial charge < -0.3 is 10.8 Å². The summed E-state index contributed by atoms with van der Waals surface area (Å²) in [7, 11) is 0. The zero-order chi connectivity index (χ0) is 11.8. The zero-order valence-corrected chi connectivity index (χ0v) is 10.7. The molecule has 1 saturated carbocycles. The highest BCUT2D eigenvalue weighted by atomic mass is 16.3. The van der Waals surface area contributed by atoms with Gasteiger partial charge >= 0.3 is 0 Å². The Hall–Kier alpha value is -0.120. The number of likely N-dealkylation sites (tertiary alicyclic amines) is 1. The maximum absolute atomic E-state index is 9.33. The molecule has 0 amide bonds. The monoisotopic (exact) mass is 226 g/mol. The first kappa shape index (κ1) is 12.3. The molecule has 3 N–H and O–H groups in total. The van der Waals surface area contributed by atoms with Gasteiger partial charge in [0.2, 0.25) is 0 Å². The predicted octanol–water partition coefficient (Wildman–Crippen LogP) is 1.49. The van der Waals surface area contributed by atoms with E-state index in [9.17, 15) is 5.11 Å². The minimum Gasteiger partial charge on any atom is -0.394 e. The van der Waals surface area contributed by atoms with E-state index in [-0.39, 0.29) is 12.1 Å². The van der Waals surface area contributed by atoms with Crippen molar-refractivity contribution in [3.63, 3.8) is 0 Å². The summed E-state index contributed by atoms with van der Waals surface area (Å²) in [6, 6.07) is 2.07. The Morgan fingerprint density at radius 1 is 1.38 bits per heavy atom. The number of hydrogen-bond acceptors (Lipinski definition) is 3. The second kappa shape index (κ2) is 4.63. The van der Waals surface area contributed by atoms with Crippen molar-refractivity contribution in [3.8, 4) is 0 Å². The molecule has 1 aliphatic heterocycles. The molecule has 1 saturated heterocycles. The molecule has 4 atom stereocenters. The molecular formula is C13H26N2O. The number of hydrogen-bond donors (Lipinski definition) is 2. The van der Waals surface area contributed by atoms with Crippen LogP contribution in [0, 0.1) is 0 Å². The maximum atomic E-state index is 9.33. The third kappa shape index (κ3) is 2.13. The first-order valence-corrected chi connectivity index (χ1v) is 6.77. The van der Waals surface area contributed by atoms with Gasteiger partial charge in [-0.2, -0.15) is 0 Å². The van der Waals surface area contributed by atoms with E-state index in [1.165, 1.54) is 19.3 Å². The molecule has 2 aliphatic rings. The normalized spacial score (nSPS) is 45.4. The molecule has 2 fully saturated rings.